The van der Waals surface area contributed by atoms with Gasteiger partial charge in [-0.3, -0.25) is 0 Å². The number of nitrogens with one attached hydrogen (secondary N) is 1. The molecule has 1 N–H and O–H groups in total. The van der Waals surface area contributed by atoms with Crippen molar-refractivity contribution in [3.63, 3.8) is 0 Å². The minimum Gasteiger partial charge on any atom is -0.406 e. The maximum absolute atomic E-state index is 13.3. The SMILES string of the molecule is Cc1ccc(C(C)C)c(N2C(=NC(=O)NC3CCC(c4ccc(-c5ncn(-c6ccc(OC(F)(F)F)cc6)n5)cc4)C3)SCCC2C)c1. The Morgan fingerprint density at radius 3 is 2.50 bits per heavy atom. The van der Waals surface area contributed by atoms with E-state index in [0.717, 1.165) is 47.9 Å². The Kier molecular flexibility index (Phi) is 9.82. The van der Waals surface area contributed by atoms with Crippen molar-refractivity contribution in [1.29, 1.82) is 0 Å². The molecule has 4 aromatic rings. The number of urea groups is 1. The zero-order valence-electron chi connectivity index (χ0n) is 27.4. The Morgan fingerprint density at radius 2 is 1.79 bits per heavy atom. The third-order valence-electron chi connectivity index (χ3n) is 8.91. The first-order chi connectivity index (χ1) is 22.9. The van der Waals surface area contributed by atoms with E-state index in [1.165, 1.54) is 52.0 Å². The molecule has 252 valence electrons. The van der Waals surface area contributed by atoms with Crippen LogP contribution in [0.2, 0.25) is 0 Å². The minimum atomic E-state index is -4.74. The zero-order valence-corrected chi connectivity index (χ0v) is 28.2. The van der Waals surface area contributed by atoms with E-state index in [4.69, 9.17) is 0 Å². The van der Waals surface area contributed by atoms with Crippen molar-refractivity contribution < 1.29 is 22.7 Å². The molecular formula is C36H39F3N6O2S. The molecule has 3 unspecified atom stereocenters. The monoisotopic (exact) mass is 676 g/mol. The maximum Gasteiger partial charge on any atom is 0.573 e. The molecule has 3 atom stereocenters. The molecule has 0 spiro atoms. The van der Waals surface area contributed by atoms with Crippen molar-refractivity contribution in [3.05, 3.63) is 89.7 Å². The summed E-state index contributed by atoms with van der Waals surface area (Å²) in [4.78, 5) is 24.5. The third kappa shape index (κ3) is 7.86. The van der Waals surface area contributed by atoms with Crippen LogP contribution in [0.3, 0.4) is 0 Å². The van der Waals surface area contributed by atoms with Crippen LogP contribution in [-0.4, -0.2) is 50.2 Å². The summed E-state index contributed by atoms with van der Waals surface area (Å²) in [5, 5.41) is 8.43. The van der Waals surface area contributed by atoms with Gasteiger partial charge in [-0.05, 0) is 98.4 Å². The summed E-state index contributed by atoms with van der Waals surface area (Å²) >= 11 is 1.64. The number of aliphatic imine (C=N–C) groups is 1. The summed E-state index contributed by atoms with van der Waals surface area (Å²) in [6.07, 6.45) is 0.471. The lowest BCUT2D eigenvalue weighted by molar-refractivity contribution is -0.274. The number of aromatic nitrogens is 3. The second-order valence-electron chi connectivity index (χ2n) is 12.8. The highest BCUT2D eigenvalue weighted by molar-refractivity contribution is 8.14. The van der Waals surface area contributed by atoms with Crippen molar-refractivity contribution in [2.24, 2.45) is 4.99 Å². The molecule has 8 nitrogen and oxygen atoms in total. The predicted octanol–water partition coefficient (Wildman–Crippen LogP) is 9.00. The van der Waals surface area contributed by atoms with Gasteiger partial charge in [0.1, 0.15) is 12.1 Å². The number of hydrogen-bond acceptors (Lipinski definition) is 5. The summed E-state index contributed by atoms with van der Waals surface area (Å²) in [5.74, 6) is 1.79. The summed E-state index contributed by atoms with van der Waals surface area (Å²) in [7, 11) is 0. The molecule has 2 aliphatic rings. The smallest absolute Gasteiger partial charge is 0.406 e. The number of anilines is 1. The van der Waals surface area contributed by atoms with E-state index in [1.54, 1.807) is 11.8 Å². The lowest BCUT2D eigenvalue weighted by Gasteiger charge is -2.37. The fourth-order valence-electron chi connectivity index (χ4n) is 6.42. The Bertz CT molecular complexity index is 1770. The standard InChI is InChI=1S/C36H39F3N6O2S/c1-22(2)31-16-5-23(3)19-32(31)45-24(4)17-18-48-35(45)42-34(46)41-28-11-10-27(20-28)25-6-8-26(9-7-25)33-40-21-44(43-33)29-12-14-30(15-13-29)47-36(37,38)39/h5-9,12-16,19,21-22,24,27-28H,10-11,17-18,20H2,1-4H3,(H,41,46). The van der Waals surface area contributed by atoms with E-state index >= 15 is 0 Å². The molecule has 2 heterocycles. The molecule has 1 aliphatic heterocycles. The topological polar surface area (TPSA) is 84.6 Å². The number of carbonyl (C=O) groups excluding carboxylic acids is 1. The van der Waals surface area contributed by atoms with E-state index in [0.29, 0.717) is 23.3 Å². The van der Waals surface area contributed by atoms with E-state index in [1.807, 2.05) is 12.1 Å². The molecule has 1 aromatic heterocycles. The fourth-order valence-corrected chi connectivity index (χ4v) is 7.63. The molecule has 1 saturated heterocycles. The number of thioether (sulfide) groups is 1. The molecule has 2 fully saturated rings. The number of amides is 2. The summed E-state index contributed by atoms with van der Waals surface area (Å²) in [5.41, 5.74) is 6.14. The number of alkyl halides is 3. The molecular weight excluding hydrogens is 637 g/mol. The molecule has 2 amide bonds. The van der Waals surface area contributed by atoms with Gasteiger partial charge in [-0.2, -0.15) is 4.99 Å². The Hall–Kier alpha value is -4.32. The summed E-state index contributed by atoms with van der Waals surface area (Å²) in [6, 6.07) is 20.1. The Labute approximate surface area is 282 Å². The van der Waals surface area contributed by atoms with Crippen molar-refractivity contribution >= 4 is 28.6 Å². The molecule has 1 saturated carbocycles. The highest BCUT2D eigenvalue weighted by atomic mass is 32.2. The van der Waals surface area contributed by atoms with Gasteiger partial charge in [0, 0.05) is 29.1 Å². The number of halogens is 3. The Balaban J connectivity index is 1.08. The molecule has 6 rings (SSSR count). The van der Waals surface area contributed by atoms with Crippen molar-refractivity contribution in [1.82, 2.24) is 20.1 Å². The van der Waals surface area contributed by atoms with Gasteiger partial charge in [-0.25, -0.2) is 14.5 Å². The van der Waals surface area contributed by atoms with Crippen molar-refractivity contribution in [3.8, 4) is 22.8 Å². The van der Waals surface area contributed by atoms with Gasteiger partial charge >= 0.3 is 12.4 Å². The van der Waals surface area contributed by atoms with Crippen LogP contribution >= 0.6 is 11.8 Å². The molecule has 48 heavy (non-hydrogen) atoms. The number of carbonyl (C=O) groups is 1. The Morgan fingerprint density at radius 1 is 1.04 bits per heavy atom. The average Bonchev–Trinajstić information content (AvgIpc) is 3.71. The van der Waals surface area contributed by atoms with Crippen LogP contribution in [0, 0.1) is 6.92 Å². The van der Waals surface area contributed by atoms with E-state index < -0.39 is 6.36 Å². The third-order valence-corrected chi connectivity index (χ3v) is 9.89. The van der Waals surface area contributed by atoms with Crippen LogP contribution in [0.4, 0.5) is 23.7 Å². The van der Waals surface area contributed by atoms with Crippen LogP contribution < -0.4 is 15.0 Å². The number of rotatable bonds is 7. The zero-order chi connectivity index (χ0) is 34.0. The quantitative estimate of drug-likeness (QED) is 0.210. The first-order valence-electron chi connectivity index (χ1n) is 16.2. The maximum atomic E-state index is 13.3. The van der Waals surface area contributed by atoms with Gasteiger partial charge in [-0.15, -0.1) is 18.3 Å². The van der Waals surface area contributed by atoms with E-state index in [2.05, 4.69) is 88.1 Å². The first-order valence-corrected chi connectivity index (χ1v) is 17.2. The minimum absolute atomic E-state index is 0.0430. The lowest BCUT2D eigenvalue weighted by atomic mass is 9.96. The van der Waals surface area contributed by atoms with E-state index in [9.17, 15) is 18.0 Å². The normalized spacial score (nSPS) is 20.8. The number of ether oxygens (including phenoxy) is 1. The van der Waals surface area contributed by atoms with Crippen molar-refractivity contribution in [2.45, 2.75) is 83.7 Å². The molecule has 3 aromatic carbocycles. The van der Waals surface area contributed by atoms with Gasteiger partial charge in [0.2, 0.25) is 0 Å². The van der Waals surface area contributed by atoms with Gasteiger partial charge in [0.25, 0.3) is 0 Å². The van der Waals surface area contributed by atoms with Crippen LogP contribution in [0.25, 0.3) is 17.1 Å². The first kappa shape index (κ1) is 33.6. The number of aryl methyl sites for hydroxylation is 1. The van der Waals surface area contributed by atoms with E-state index in [-0.39, 0.29) is 23.9 Å². The van der Waals surface area contributed by atoms with Gasteiger partial charge in [0.15, 0.2) is 11.0 Å². The fraction of sp³-hybridized carbons (Fsp3) is 0.389. The van der Waals surface area contributed by atoms with Gasteiger partial charge in [-0.1, -0.05) is 62.0 Å². The van der Waals surface area contributed by atoms with Gasteiger partial charge < -0.3 is 15.0 Å². The number of amidine groups is 1. The summed E-state index contributed by atoms with van der Waals surface area (Å²) < 4.78 is 42.8. The molecule has 0 radical (unpaired) electrons. The largest absolute Gasteiger partial charge is 0.573 e. The van der Waals surface area contributed by atoms with Crippen LogP contribution in [0.1, 0.15) is 75.0 Å². The van der Waals surface area contributed by atoms with Crippen LogP contribution in [0.5, 0.6) is 5.75 Å². The highest BCUT2D eigenvalue weighted by Gasteiger charge is 2.32. The van der Waals surface area contributed by atoms with Crippen LogP contribution in [0.15, 0.2) is 78.0 Å². The average molecular weight is 677 g/mol. The highest BCUT2D eigenvalue weighted by Crippen LogP contribution is 2.37. The van der Waals surface area contributed by atoms with Gasteiger partial charge in [0.05, 0.1) is 5.69 Å². The molecule has 12 heteroatoms. The molecule has 0 bridgehead atoms. The second-order valence-corrected chi connectivity index (χ2v) is 13.9. The number of hydrogen-bond donors (Lipinski definition) is 1. The second kappa shape index (κ2) is 14.0. The lowest BCUT2D eigenvalue weighted by Crippen LogP contribution is -2.43. The van der Waals surface area contributed by atoms with Crippen LogP contribution in [-0.2, 0) is 0 Å². The van der Waals surface area contributed by atoms with Crippen molar-refractivity contribution in [2.75, 3.05) is 10.7 Å². The predicted molar refractivity (Wildman–Crippen MR) is 184 cm³/mol. The summed E-state index contributed by atoms with van der Waals surface area (Å²) in [6.45, 7) is 8.69. The number of benzene rings is 3. The number of nitrogens with zero attached hydrogens (tertiary/aromatic N) is 5. The molecule has 1 aliphatic carbocycles.